The standard InChI is InChI=1S/C10H11ClFNO2/c1-15-10(14)8(13)5-6-3-2-4-7(12)9(6)11/h2-4,8H,5,13H2,1H3/t8-/m1/s1. The normalized spacial score (nSPS) is 12.3. The van der Waals surface area contributed by atoms with Crippen molar-refractivity contribution in [2.24, 2.45) is 5.73 Å². The number of hydrogen-bond acceptors (Lipinski definition) is 3. The highest BCUT2D eigenvalue weighted by molar-refractivity contribution is 6.31. The number of carbonyl (C=O) groups is 1. The summed E-state index contributed by atoms with van der Waals surface area (Å²) in [6, 6.07) is 3.55. The van der Waals surface area contributed by atoms with Gasteiger partial charge in [0.25, 0.3) is 0 Å². The summed E-state index contributed by atoms with van der Waals surface area (Å²) in [7, 11) is 1.25. The number of ether oxygens (including phenoxy) is 1. The minimum absolute atomic E-state index is 0.00291. The van der Waals surface area contributed by atoms with Crippen molar-refractivity contribution in [3.05, 3.63) is 34.6 Å². The van der Waals surface area contributed by atoms with E-state index >= 15 is 0 Å². The highest BCUT2D eigenvalue weighted by Gasteiger charge is 2.16. The fourth-order valence-corrected chi connectivity index (χ4v) is 1.38. The Morgan fingerprint density at radius 1 is 1.67 bits per heavy atom. The Labute approximate surface area is 92.0 Å². The van der Waals surface area contributed by atoms with E-state index in [4.69, 9.17) is 17.3 Å². The molecule has 0 spiro atoms. The van der Waals surface area contributed by atoms with Gasteiger partial charge in [0.1, 0.15) is 11.9 Å². The zero-order valence-electron chi connectivity index (χ0n) is 8.17. The Balaban J connectivity index is 2.81. The van der Waals surface area contributed by atoms with Gasteiger partial charge >= 0.3 is 5.97 Å². The molecule has 0 saturated carbocycles. The molecule has 2 N–H and O–H groups in total. The molecule has 1 rings (SSSR count). The summed E-state index contributed by atoms with van der Waals surface area (Å²) >= 11 is 5.70. The molecular weight excluding hydrogens is 221 g/mol. The quantitative estimate of drug-likeness (QED) is 0.803. The number of nitrogens with two attached hydrogens (primary N) is 1. The van der Waals surface area contributed by atoms with Gasteiger partial charge in [-0.25, -0.2) is 4.39 Å². The fraction of sp³-hybridized carbons (Fsp3) is 0.300. The monoisotopic (exact) mass is 231 g/mol. The maximum Gasteiger partial charge on any atom is 0.322 e. The van der Waals surface area contributed by atoms with Crippen molar-refractivity contribution in [2.75, 3.05) is 7.11 Å². The van der Waals surface area contributed by atoms with Crippen LogP contribution in [0.4, 0.5) is 4.39 Å². The zero-order chi connectivity index (χ0) is 11.4. The molecule has 0 heterocycles. The van der Waals surface area contributed by atoms with E-state index in [1.54, 1.807) is 6.07 Å². The topological polar surface area (TPSA) is 52.3 Å². The molecule has 0 bridgehead atoms. The van der Waals surface area contributed by atoms with Crippen LogP contribution in [0.5, 0.6) is 0 Å². The maximum absolute atomic E-state index is 13.0. The number of methoxy groups -OCH3 is 1. The van der Waals surface area contributed by atoms with Crippen LogP contribution in [0.15, 0.2) is 18.2 Å². The molecule has 0 amide bonds. The molecule has 3 nitrogen and oxygen atoms in total. The predicted molar refractivity (Wildman–Crippen MR) is 55.1 cm³/mol. The van der Waals surface area contributed by atoms with Crippen molar-refractivity contribution in [1.29, 1.82) is 0 Å². The SMILES string of the molecule is COC(=O)[C@H](N)Cc1cccc(F)c1Cl. The summed E-state index contributed by atoms with van der Waals surface area (Å²) in [5, 5.41) is -0.00291. The molecule has 0 aliphatic heterocycles. The first-order valence-electron chi connectivity index (χ1n) is 4.32. The first-order valence-corrected chi connectivity index (χ1v) is 4.70. The van der Waals surface area contributed by atoms with Crippen molar-refractivity contribution in [1.82, 2.24) is 0 Å². The lowest BCUT2D eigenvalue weighted by Crippen LogP contribution is -2.33. The molecule has 1 aromatic carbocycles. The smallest absolute Gasteiger partial charge is 0.322 e. The molecule has 1 atom stereocenters. The van der Waals surface area contributed by atoms with Crippen molar-refractivity contribution < 1.29 is 13.9 Å². The molecular formula is C10H11ClFNO2. The minimum Gasteiger partial charge on any atom is -0.468 e. The average Bonchev–Trinajstić information content (AvgIpc) is 2.23. The third kappa shape index (κ3) is 2.91. The first kappa shape index (κ1) is 11.9. The highest BCUT2D eigenvalue weighted by atomic mass is 35.5. The summed E-state index contributed by atoms with van der Waals surface area (Å²) in [5.74, 6) is -1.07. The van der Waals surface area contributed by atoms with Gasteiger partial charge in [-0.2, -0.15) is 0 Å². The zero-order valence-corrected chi connectivity index (χ0v) is 8.92. The van der Waals surface area contributed by atoms with E-state index in [0.717, 1.165) is 0 Å². The number of halogens is 2. The molecule has 0 aromatic heterocycles. The Hall–Kier alpha value is -1.13. The van der Waals surface area contributed by atoms with E-state index in [2.05, 4.69) is 4.74 Å². The van der Waals surface area contributed by atoms with Gasteiger partial charge in [0.15, 0.2) is 0 Å². The summed E-state index contributed by atoms with van der Waals surface area (Å²) in [6.07, 6.45) is 0.156. The summed E-state index contributed by atoms with van der Waals surface area (Å²) < 4.78 is 17.5. The summed E-state index contributed by atoms with van der Waals surface area (Å²) in [5.41, 5.74) is 6.02. The molecule has 0 radical (unpaired) electrons. The second kappa shape index (κ2) is 5.09. The number of hydrogen-bond donors (Lipinski definition) is 1. The molecule has 0 aliphatic rings. The van der Waals surface area contributed by atoms with Crippen LogP contribution in [-0.4, -0.2) is 19.1 Å². The van der Waals surface area contributed by atoms with Crippen LogP contribution in [0, 0.1) is 5.82 Å². The van der Waals surface area contributed by atoms with Crippen molar-refractivity contribution in [3.8, 4) is 0 Å². The van der Waals surface area contributed by atoms with E-state index in [9.17, 15) is 9.18 Å². The second-order valence-corrected chi connectivity index (χ2v) is 3.42. The van der Waals surface area contributed by atoms with E-state index < -0.39 is 17.8 Å². The summed E-state index contributed by atoms with van der Waals surface area (Å²) in [4.78, 5) is 11.0. The molecule has 82 valence electrons. The van der Waals surface area contributed by atoms with Crippen molar-refractivity contribution >= 4 is 17.6 Å². The van der Waals surface area contributed by atoms with Crippen LogP contribution in [0.25, 0.3) is 0 Å². The fourth-order valence-electron chi connectivity index (χ4n) is 1.18. The van der Waals surface area contributed by atoms with Gasteiger partial charge in [0.05, 0.1) is 12.1 Å². The van der Waals surface area contributed by atoms with Crippen molar-refractivity contribution in [2.45, 2.75) is 12.5 Å². The van der Waals surface area contributed by atoms with Crippen molar-refractivity contribution in [3.63, 3.8) is 0 Å². The molecule has 0 unspecified atom stereocenters. The van der Waals surface area contributed by atoms with Crippen LogP contribution in [-0.2, 0) is 16.0 Å². The third-order valence-electron chi connectivity index (χ3n) is 1.98. The molecule has 1 aromatic rings. The summed E-state index contributed by atoms with van der Waals surface area (Å²) in [6.45, 7) is 0. The predicted octanol–water partition coefficient (Wildman–Crippen LogP) is 1.52. The van der Waals surface area contributed by atoms with Crippen LogP contribution < -0.4 is 5.73 Å². The largest absolute Gasteiger partial charge is 0.468 e. The van der Waals surface area contributed by atoms with Crippen LogP contribution >= 0.6 is 11.6 Å². The number of rotatable bonds is 3. The van der Waals surface area contributed by atoms with Crippen LogP contribution in [0.2, 0.25) is 5.02 Å². The third-order valence-corrected chi connectivity index (χ3v) is 2.40. The molecule has 0 aliphatic carbocycles. The molecule has 5 heteroatoms. The number of carbonyl (C=O) groups excluding carboxylic acids is 1. The van der Waals surface area contributed by atoms with E-state index in [-0.39, 0.29) is 11.4 Å². The Kier molecular flexibility index (Phi) is 4.05. The van der Waals surface area contributed by atoms with E-state index in [0.29, 0.717) is 5.56 Å². The van der Waals surface area contributed by atoms with E-state index in [1.165, 1.54) is 19.2 Å². The lowest BCUT2D eigenvalue weighted by atomic mass is 10.1. The minimum atomic E-state index is -0.825. The van der Waals surface area contributed by atoms with E-state index in [1.807, 2.05) is 0 Å². The maximum atomic E-state index is 13.0. The lowest BCUT2D eigenvalue weighted by Gasteiger charge is -2.10. The average molecular weight is 232 g/mol. The lowest BCUT2D eigenvalue weighted by molar-refractivity contribution is -0.142. The van der Waals surface area contributed by atoms with Gasteiger partial charge < -0.3 is 10.5 Å². The van der Waals surface area contributed by atoms with Gasteiger partial charge in [0.2, 0.25) is 0 Å². The number of benzene rings is 1. The second-order valence-electron chi connectivity index (χ2n) is 3.05. The van der Waals surface area contributed by atoms with Crippen LogP contribution in [0.1, 0.15) is 5.56 Å². The number of esters is 1. The highest BCUT2D eigenvalue weighted by Crippen LogP contribution is 2.20. The van der Waals surface area contributed by atoms with Gasteiger partial charge in [-0.05, 0) is 18.1 Å². The Bertz CT molecular complexity index is 370. The molecule has 0 saturated heterocycles. The molecule has 15 heavy (non-hydrogen) atoms. The first-order chi connectivity index (χ1) is 7.06. The van der Waals surface area contributed by atoms with Gasteiger partial charge in [-0.1, -0.05) is 23.7 Å². The molecule has 0 fully saturated rings. The Morgan fingerprint density at radius 3 is 2.93 bits per heavy atom. The Morgan fingerprint density at radius 2 is 2.33 bits per heavy atom. The van der Waals surface area contributed by atoms with Crippen LogP contribution in [0.3, 0.4) is 0 Å². The van der Waals surface area contributed by atoms with Gasteiger partial charge in [-0.15, -0.1) is 0 Å². The van der Waals surface area contributed by atoms with Gasteiger partial charge in [0, 0.05) is 0 Å². The van der Waals surface area contributed by atoms with Gasteiger partial charge in [-0.3, -0.25) is 4.79 Å².